The predicted octanol–water partition coefficient (Wildman–Crippen LogP) is 10.7. The first kappa shape index (κ1) is 42.3. The molecule has 0 aromatic carbocycles. The number of unbranched alkanes of at least 4 members (excludes halogenated alkanes) is 11. The van der Waals surface area contributed by atoms with Gasteiger partial charge in [-0.05, 0) is 95.1 Å². The van der Waals surface area contributed by atoms with Crippen LogP contribution >= 0.6 is 0 Å². The van der Waals surface area contributed by atoms with Crippen LogP contribution < -0.4 is 0 Å². The van der Waals surface area contributed by atoms with Crippen molar-refractivity contribution in [2.45, 2.75) is 193 Å². The molecule has 5 atom stereocenters. The average molecular weight is 690 g/mol. The molecule has 0 bridgehead atoms. The van der Waals surface area contributed by atoms with Crippen molar-refractivity contribution in [1.29, 1.82) is 0 Å². The second-order valence-electron chi connectivity index (χ2n) is 16.8. The van der Waals surface area contributed by atoms with Crippen molar-refractivity contribution in [3.63, 3.8) is 0 Å². The minimum absolute atomic E-state index is 0.0374. The van der Waals surface area contributed by atoms with Crippen LogP contribution in [0.25, 0.3) is 0 Å². The van der Waals surface area contributed by atoms with E-state index in [0.717, 1.165) is 77.2 Å². The minimum atomic E-state index is 0.0374. The van der Waals surface area contributed by atoms with Crippen LogP contribution in [-0.4, -0.2) is 61.4 Å². The molecule has 3 saturated carbocycles. The van der Waals surface area contributed by atoms with E-state index in [1.165, 1.54) is 103 Å². The Bertz CT molecular complexity index is 797. The quantitative estimate of drug-likeness (QED) is 0.0622. The Morgan fingerprint density at radius 3 is 1.47 bits per heavy atom. The van der Waals surface area contributed by atoms with Crippen LogP contribution in [0.5, 0.6) is 0 Å². The number of nitrogens with zero attached hydrogens (tertiary/aromatic N) is 1. The Hall–Kier alpha value is -1.14. The second-order valence-corrected chi connectivity index (χ2v) is 16.8. The topological polar surface area (TPSA) is 76.1 Å². The van der Waals surface area contributed by atoms with Gasteiger partial charge in [0.15, 0.2) is 0 Å². The molecule has 0 radical (unpaired) electrons. The zero-order valence-corrected chi connectivity index (χ0v) is 32.5. The van der Waals surface area contributed by atoms with Gasteiger partial charge in [0.2, 0.25) is 0 Å². The Morgan fingerprint density at radius 1 is 0.612 bits per heavy atom. The van der Waals surface area contributed by atoms with Crippen LogP contribution in [0.2, 0.25) is 0 Å². The molecule has 6 nitrogen and oxygen atoms in total. The number of ether oxygens (including phenoxy) is 2. The molecule has 0 spiro atoms. The Balaban J connectivity index is 1.54. The van der Waals surface area contributed by atoms with E-state index in [-0.39, 0.29) is 30.4 Å². The third-order valence-electron chi connectivity index (χ3n) is 12.5. The number of hydrogen-bond donors (Lipinski definition) is 1. The summed E-state index contributed by atoms with van der Waals surface area (Å²) in [4.78, 5) is 29.5. The fourth-order valence-corrected chi connectivity index (χ4v) is 8.72. The van der Waals surface area contributed by atoms with Crippen LogP contribution in [0.15, 0.2) is 0 Å². The Kier molecular flexibility index (Phi) is 22.2. The van der Waals surface area contributed by atoms with E-state index in [2.05, 4.69) is 25.8 Å². The van der Waals surface area contributed by atoms with Crippen LogP contribution in [0.4, 0.5) is 0 Å². The fourth-order valence-electron chi connectivity index (χ4n) is 8.72. The van der Waals surface area contributed by atoms with Crippen LogP contribution in [-0.2, 0) is 19.1 Å². The van der Waals surface area contributed by atoms with Gasteiger partial charge in [-0.2, -0.15) is 0 Å². The summed E-state index contributed by atoms with van der Waals surface area (Å²) >= 11 is 0. The number of aliphatic hydroxyl groups excluding tert-OH is 1. The van der Waals surface area contributed by atoms with E-state index in [0.29, 0.717) is 42.9 Å². The SMILES string of the molecule is CCCCCCCCC(CC1CCC1)C(=O)OC[C@@H]1CC(N(C)CCCCO)C[C@H](COC(=O)C(CCCCCCCC)CC2CCC2)C1. The molecule has 3 fully saturated rings. The summed E-state index contributed by atoms with van der Waals surface area (Å²) in [5.41, 5.74) is 0. The highest BCUT2D eigenvalue weighted by Gasteiger charge is 2.35. The van der Waals surface area contributed by atoms with Gasteiger partial charge < -0.3 is 19.5 Å². The molecular formula is C43H79NO5. The van der Waals surface area contributed by atoms with Gasteiger partial charge >= 0.3 is 11.9 Å². The molecule has 1 N–H and O–H groups in total. The molecule has 49 heavy (non-hydrogen) atoms. The van der Waals surface area contributed by atoms with Crippen molar-refractivity contribution < 1.29 is 24.2 Å². The summed E-state index contributed by atoms with van der Waals surface area (Å²) in [7, 11) is 2.20. The molecule has 0 aliphatic heterocycles. The first-order chi connectivity index (χ1) is 23.9. The first-order valence-electron chi connectivity index (χ1n) is 21.6. The monoisotopic (exact) mass is 690 g/mol. The Labute approximate surface area is 302 Å². The van der Waals surface area contributed by atoms with Crippen molar-refractivity contribution in [2.75, 3.05) is 33.4 Å². The molecule has 0 saturated heterocycles. The van der Waals surface area contributed by atoms with Gasteiger partial charge in [-0.25, -0.2) is 0 Å². The summed E-state index contributed by atoms with van der Waals surface area (Å²) in [5, 5.41) is 9.34. The van der Waals surface area contributed by atoms with Crippen molar-refractivity contribution in [3.05, 3.63) is 0 Å². The number of carbonyl (C=O) groups excluding carboxylic acids is 2. The number of esters is 2. The number of rotatable bonds is 29. The molecule has 3 unspecified atom stereocenters. The average Bonchev–Trinajstić information content (AvgIpc) is 3.06. The van der Waals surface area contributed by atoms with Gasteiger partial charge in [0.05, 0.1) is 25.0 Å². The van der Waals surface area contributed by atoms with Gasteiger partial charge in [-0.1, -0.05) is 129 Å². The second kappa shape index (κ2) is 25.8. The van der Waals surface area contributed by atoms with E-state index in [9.17, 15) is 14.7 Å². The predicted molar refractivity (Wildman–Crippen MR) is 202 cm³/mol. The molecule has 6 heteroatoms. The van der Waals surface area contributed by atoms with Gasteiger partial charge in [-0.15, -0.1) is 0 Å². The van der Waals surface area contributed by atoms with Gasteiger partial charge in [0, 0.05) is 12.6 Å². The zero-order chi connectivity index (χ0) is 35.1. The first-order valence-corrected chi connectivity index (χ1v) is 21.6. The lowest BCUT2D eigenvalue weighted by molar-refractivity contribution is -0.153. The maximum absolute atomic E-state index is 13.5. The van der Waals surface area contributed by atoms with E-state index in [4.69, 9.17) is 9.47 Å². The molecule has 3 rings (SSSR count). The van der Waals surface area contributed by atoms with Crippen LogP contribution in [0.1, 0.15) is 187 Å². The molecule has 0 amide bonds. The largest absolute Gasteiger partial charge is 0.465 e. The van der Waals surface area contributed by atoms with E-state index < -0.39 is 0 Å². The molecule has 0 heterocycles. The number of aliphatic hydroxyl groups is 1. The molecule has 0 aromatic heterocycles. The molecule has 3 aliphatic rings. The van der Waals surface area contributed by atoms with Gasteiger partial charge in [0.25, 0.3) is 0 Å². The van der Waals surface area contributed by atoms with Crippen molar-refractivity contribution >= 4 is 11.9 Å². The van der Waals surface area contributed by atoms with Gasteiger partial charge in [0.1, 0.15) is 0 Å². The highest BCUT2D eigenvalue weighted by molar-refractivity contribution is 5.72. The fraction of sp³-hybridized carbons (Fsp3) is 0.953. The lowest BCUT2D eigenvalue weighted by atomic mass is 9.77. The van der Waals surface area contributed by atoms with E-state index in [1.54, 1.807) is 0 Å². The van der Waals surface area contributed by atoms with Crippen molar-refractivity contribution in [1.82, 2.24) is 4.90 Å². The highest BCUT2D eigenvalue weighted by atomic mass is 16.5. The molecule has 3 aliphatic carbocycles. The summed E-state index contributed by atoms with van der Waals surface area (Å²) in [6, 6.07) is 0.377. The molecular weight excluding hydrogens is 610 g/mol. The molecule has 0 aromatic rings. The highest BCUT2D eigenvalue weighted by Crippen LogP contribution is 2.37. The van der Waals surface area contributed by atoms with Crippen LogP contribution in [0.3, 0.4) is 0 Å². The lowest BCUT2D eigenvalue weighted by Gasteiger charge is -2.39. The smallest absolute Gasteiger partial charge is 0.308 e. The van der Waals surface area contributed by atoms with Crippen molar-refractivity contribution in [2.24, 2.45) is 35.5 Å². The standard InChI is InChI=1S/C43H79NO5/c1-4-6-8-10-12-14-24-39(29-35-20-18-21-35)42(46)48-33-37-28-38(32-41(31-37)44(3)26-16-17-27-45)34-49-43(47)40(30-36-22-19-23-36)25-15-13-11-9-7-5-2/h35-41,45H,4-34H2,1-3H3/t37-,38+,39?,40?,41?. The van der Waals surface area contributed by atoms with E-state index in [1.807, 2.05) is 0 Å². The summed E-state index contributed by atoms with van der Waals surface area (Å²) < 4.78 is 12.4. The Morgan fingerprint density at radius 2 is 1.06 bits per heavy atom. The maximum atomic E-state index is 13.5. The summed E-state index contributed by atoms with van der Waals surface area (Å²) in [6.07, 6.45) is 31.5. The third-order valence-corrected chi connectivity index (χ3v) is 12.5. The zero-order valence-electron chi connectivity index (χ0n) is 32.5. The summed E-state index contributed by atoms with van der Waals surface area (Å²) in [6.45, 7) is 6.68. The number of carbonyl (C=O) groups is 2. The third kappa shape index (κ3) is 17.3. The van der Waals surface area contributed by atoms with Gasteiger partial charge in [-0.3, -0.25) is 9.59 Å². The molecule has 286 valence electrons. The van der Waals surface area contributed by atoms with Crippen LogP contribution in [0, 0.1) is 35.5 Å². The normalized spacial score (nSPS) is 22.8. The van der Waals surface area contributed by atoms with E-state index >= 15 is 0 Å². The summed E-state index contributed by atoms with van der Waals surface area (Å²) in [5.74, 6) is 2.17. The minimum Gasteiger partial charge on any atom is -0.465 e. The lowest BCUT2D eigenvalue weighted by Crippen LogP contribution is -2.42. The maximum Gasteiger partial charge on any atom is 0.308 e. The number of hydrogen-bond acceptors (Lipinski definition) is 6. The van der Waals surface area contributed by atoms with Crippen molar-refractivity contribution in [3.8, 4) is 0 Å².